The zero-order valence-corrected chi connectivity index (χ0v) is 15.2. The summed E-state index contributed by atoms with van der Waals surface area (Å²) in [6.07, 6.45) is -1.86. The van der Waals surface area contributed by atoms with Crippen LogP contribution < -0.4 is 10.1 Å². The summed E-state index contributed by atoms with van der Waals surface area (Å²) in [6, 6.07) is 5.44. The van der Waals surface area contributed by atoms with Crippen LogP contribution in [0.3, 0.4) is 0 Å². The lowest BCUT2D eigenvalue weighted by atomic mass is 10.1. The Bertz CT molecular complexity index is 1060. The molecule has 0 saturated carbocycles. The van der Waals surface area contributed by atoms with Crippen LogP contribution in [-0.2, 0) is 17.5 Å². The van der Waals surface area contributed by atoms with Crippen LogP contribution >= 0.6 is 0 Å². The highest BCUT2D eigenvalue weighted by Gasteiger charge is 2.34. The van der Waals surface area contributed by atoms with Gasteiger partial charge in [-0.3, -0.25) is 4.79 Å². The van der Waals surface area contributed by atoms with Crippen molar-refractivity contribution in [3.8, 4) is 5.75 Å². The molecule has 28 heavy (non-hydrogen) atoms. The van der Waals surface area contributed by atoms with Crippen LogP contribution in [0.5, 0.6) is 5.75 Å². The Labute approximate surface area is 158 Å². The summed E-state index contributed by atoms with van der Waals surface area (Å²) in [5.41, 5.74) is 1.47. The first-order valence-corrected chi connectivity index (χ1v) is 8.23. The summed E-state index contributed by atoms with van der Waals surface area (Å²) in [5, 5.41) is 7.76. The topological polar surface area (TPSA) is 69.0 Å². The Morgan fingerprint density at radius 2 is 2.11 bits per heavy atom. The summed E-state index contributed by atoms with van der Waals surface area (Å²) in [5.74, 6) is -0.608. The number of aromatic nitrogens is 3. The van der Waals surface area contributed by atoms with E-state index in [1.54, 1.807) is 17.7 Å². The number of amides is 1. The van der Waals surface area contributed by atoms with E-state index in [9.17, 15) is 18.0 Å². The molecule has 0 unspecified atom stereocenters. The van der Waals surface area contributed by atoms with E-state index in [-0.39, 0.29) is 18.2 Å². The molecule has 0 atom stereocenters. The third-order valence-electron chi connectivity index (χ3n) is 4.13. The smallest absolute Gasteiger partial charge is 0.419 e. The minimum Gasteiger partial charge on any atom is -0.496 e. The summed E-state index contributed by atoms with van der Waals surface area (Å²) in [7, 11) is 1.20. The van der Waals surface area contributed by atoms with Crippen LogP contribution in [0.1, 0.15) is 16.8 Å². The molecule has 0 aliphatic carbocycles. The highest BCUT2D eigenvalue weighted by atomic mass is 19.4. The molecule has 0 saturated heterocycles. The number of rotatable bonds is 5. The number of halogens is 3. The number of pyridine rings is 1. The lowest BCUT2D eigenvalue weighted by molar-refractivity contribution is -0.138. The predicted octanol–water partition coefficient (Wildman–Crippen LogP) is 3.94. The van der Waals surface area contributed by atoms with Crippen molar-refractivity contribution < 1.29 is 22.7 Å². The van der Waals surface area contributed by atoms with Gasteiger partial charge < -0.3 is 10.1 Å². The van der Waals surface area contributed by atoms with E-state index in [1.807, 2.05) is 0 Å². The van der Waals surface area contributed by atoms with Gasteiger partial charge in [-0.1, -0.05) is 12.6 Å². The second-order valence-electron chi connectivity index (χ2n) is 6.06. The van der Waals surface area contributed by atoms with Crippen molar-refractivity contribution in [3.05, 3.63) is 59.9 Å². The zero-order valence-electron chi connectivity index (χ0n) is 15.2. The second-order valence-corrected chi connectivity index (χ2v) is 6.06. The lowest BCUT2D eigenvalue weighted by Gasteiger charge is -2.13. The van der Waals surface area contributed by atoms with E-state index in [2.05, 4.69) is 22.0 Å². The normalized spacial score (nSPS) is 11.5. The van der Waals surface area contributed by atoms with Crippen molar-refractivity contribution in [1.82, 2.24) is 14.8 Å². The molecule has 1 aromatic carbocycles. The lowest BCUT2D eigenvalue weighted by Crippen LogP contribution is -2.09. The van der Waals surface area contributed by atoms with Crippen molar-refractivity contribution in [3.63, 3.8) is 0 Å². The van der Waals surface area contributed by atoms with Crippen molar-refractivity contribution in [2.24, 2.45) is 0 Å². The first-order valence-electron chi connectivity index (χ1n) is 8.23. The maximum Gasteiger partial charge on any atom is 0.419 e. The quantitative estimate of drug-likeness (QED) is 0.670. The Balaban J connectivity index is 1.94. The molecule has 146 valence electrons. The Morgan fingerprint density at radius 3 is 2.75 bits per heavy atom. The van der Waals surface area contributed by atoms with Crippen LogP contribution in [-0.4, -0.2) is 27.8 Å². The molecule has 0 fully saturated rings. The number of carbonyl (C=O) groups excluding carboxylic acids is 1. The van der Waals surface area contributed by atoms with Gasteiger partial charge in [-0.2, -0.15) is 18.3 Å². The Morgan fingerprint density at radius 1 is 1.36 bits per heavy atom. The van der Waals surface area contributed by atoms with Crippen molar-refractivity contribution in [2.45, 2.75) is 19.6 Å². The van der Waals surface area contributed by atoms with E-state index in [1.165, 1.54) is 25.4 Å². The molecule has 3 aromatic rings. The fraction of sp³-hybridized carbons (Fsp3) is 0.211. The SMILES string of the molecule is C=CC(=O)Nc1cnc2c(c1)c(C)nn2Cc1ccc(C(F)(F)F)c(OC)c1. The van der Waals surface area contributed by atoms with Gasteiger partial charge in [0.1, 0.15) is 5.75 Å². The number of hydrogen-bond acceptors (Lipinski definition) is 4. The van der Waals surface area contributed by atoms with Gasteiger partial charge in [-0.15, -0.1) is 0 Å². The minimum atomic E-state index is -4.49. The molecule has 1 amide bonds. The molecule has 3 rings (SSSR count). The van der Waals surface area contributed by atoms with E-state index in [0.29, 0.717) is 22.6 Å². The van der Waals surface area contributed by atoms with Gasteiger partial charge in [-0.05, 0) is 36.8 Å². The maximum absolute atomic E-state index is 13.0. The van der Waals surface area contributed by atoms with Crippen LogP contribution in [0, 0.1) is 6.92 Å². The van der Waals surface area contributed by atoms with Gasteiger partial charge in [0.05, 0.1) is 36.8 Å². The van der Waals surface area contributed by atoms with Crippen LogP contribution in [0.25, 0.3) is 11.0 Å². The van der Waals surface area contributed by atoms with Crippen molar-refractivity contribution in [1.29, 1.82) is 0 Å². The second kappa shape index (κ2) is 7.34. The highest BCUT2D eigenvalue weighted by Crippen LogP contribution is 2.36. The number of alkyl halides is 3. The number of fused-ring (bicyclic) bond motifs is 1. The third-order valence-corrected chi connectivity index (χ3v) is 4.13. The fourth-order valence-electron chi connectivity index (χ4n) is 2.82. The number of benzene rings is 1. The molecular formula is C19H17F3N4O2. The largest absolute Gasteiger partial charge is 0.496 e. The van der Waals surface area contributed by atoms with Gasteiger partial charge >= 0.3 is 6.18 Å². The van der Waals surface area contributed by atoms with Gasteiger partial charge in [0.2, 0.25) is 5.91 Å². The monoisotopic (exact) mass is 390 g/mol. The summed E-state index contributed by atoms with van der Waals surface area (Å²) in [4.78, 5) is 15.8. The average molecular weight is 390 g/mol. The molecule has 0 bridgehead atoms. The van der Waals surface area contributed by atoms with Crippen molar-refractivity contribution >= 4 is 22.6 Å². The van der Waals surface area contributed by atoms with Gasteiger partial charge in [0.15, 0.2) is 5.65 Å². The number of hydrogen-bond donors (Lipinski definition) is 1. The number of carbonyl (C=O) groups is 1. The number of aryl methyl sites for hydroxylation is 1. The molecule has 0 radical (unpaired) electrons. The van der Waals surface area contributed by atoms with Crippen molar-refractivity contribution in [2.75, 3.05) is 12.4 Å². The first-order chi connectivity index (χ1) is 13.2. The molecule has 9 heteroatoms. The molecule has 2 heterocycles. The summed E-state index contributed by atoms with van der Waals surface area (Å²) >= 11 is 0. The van der Waals surface area contributed by atoms with Crippen LogP contribution in [0.4, 0.5) is 18.9 Å². The molecular weight excluding hydrogens is 373 g/mol. The van der Waals surface area contributed by atoms with E-state index in [0.717, 1.165) is 17.5 Å². The number of nitrogens with zero attached hydrogens (tertiary/aromatic N) is 3. The molecule has 0 spiro atoms. The Kier molecular flexibility index (Phi) is 5.08. The zero-order chi connectivity index (χ0) is 20.5. The molecule has 0 aliphatic rings. The first kappa shape index (κ1) is 19.4. The van der Waals surface area contributed by atoms with E-state index < -0.39 is 11.7 Å². The third kappa shape index (κ3) is 3.83. The standard InChI is InChI=1S/C19H17F3N4O2/c1-4-17(27)24-13-8-14-11(2)25-26(18(14)23-9-13)10-12-5-6-15(19(20,21)22)16(7-12)28-3/h4-9H,1,10H2,2-3H3,(H,24,27). The summed E-state index contributed by atoms with van der Waals surface area (Å²) < 4.78 is 45.5. The van der Waals surface area contributed by atoms with Gasteiger partial charge in [-0.25, -0.2) is 9.67 Å². The maximum atomic E-state index is 13.0. The van der Waals surface area contributed by atoms with Crippen LogP contribution in [0.2, 0.25) is 0 Å². The Hall–Kier alpha value is -3.36. The van der Waals surface area contributed by atoms with E-state index in [4.69, 9.17) is 4.74 Å². The van der Waals surface area contributed by atoms with Gasteiger partial charge in [0.25, 0.3) is 0 Å². The molecule has 2 aromatic heterocycles. The number of anilines is 1. The summed E-state index contributed by atoms with van der Waals surface area (Å²) in [6.45, 7) is 5.39. The molecule has 6 nitrogen and oxygen atoms in total. The van der Waals surface area contributed by atoms with E-state index >= 15 is 0 Å². The number of ether oxygens (including phenoxy) is 1. The number of nitrogens with one attached hydrogen (secondary N) is 1. The fourth-order valence-corrected chi connectivity index (χ4v) is 2.82. The van der Waals surface area contributed by atoms with Crippen LogP contribution in [0.15, 0.2) is 43.1 Å². The highest BCUT2D eigenvalue weighted by molar-refractivity contribution is 5.99. The predicted molar refractivity (Wildman–Crippen MR) is 98.2 cm³/mol. The van der Waals surface area contributed by atoms with Gasteiger partial charge in [0, 0.05) is 5.39 Å². The average Bonchev–Trinajstić information content (AvgIpc) is 2.95. The number of methoxy groups -OCH3 is 1. The minimum absolute atomic E-state index is 0.213. The molecule has 1 N–H and O–H groups in total. The molecule has 0 aliphatic heterocycles.